The van der Waals surface area contributed by atoms with Gasteiger partial charge in [0.15, 0.2) is 0 Å². The van der Waals surface area contributed by atoms with Crippen LogP contribution in [0.1, 0.15) is 39.0 Å². The van der Waals surface area contributed by atoms with E-state index in [4.69, 9.17) is 0 Å². The van der Waals surface area contributed by atoms with E-state index in [0.29, 0.717) is 0 Å². The SMILES string of the molecule is CC(=O)NC1(C=O)CCCCC1. The topological polar surface area (TPSA) is 46.2 Å². The average molecular weight is 169 g/mol. The summed E-state index contributed by atoms with van der Waals surface area (Å²) in [6.45, 7) is 1.46. The van der Waals surface area contributed by atoms with Crippen molar-refractivity contribution in [1.82, 2.24) is 5.32 Å². The largest absolute Gasteiger partial charge is 0.344 e. The van der Waals surface area contributed by atoms with Gasteiger partial charge in [-0.15, -0.1) is 0 Å². The molecule has 0 spiro atoms. The first-order valence-electron chi connectivity index (χ1n) is 4.44. The van der Waals surface area contributed by atoms with Gasteiger partial charge in [-0.1, -0.05) is 19.3 Å². The van der Waals surface area contributed by atoms with Crippen LogP contribution in [0.3, 0.4) is 0 Å². The minimum atomic E-state index is -0.538. The summed E-state index contributed by atoms with van der Waals surface area (Å²) in [6, 6.07) is 0. The molecule has 1 fully saturated rings. The molecule has 0 aromatic heterocycles. The Labute approximate surface area is 72.5 Å². The molecule has 0 heterocycles. The smallest absolute Gasteiger partial charge is 0.217 e. The van der Waals surface area contributed by atoms with Gasteiger partial charge in [0, 0.05) is 6.92 Å². The van der Waals surface area contributed by atoms with Crippen LogP contribution in [0.25, 0.3) is 0 Å². The second-order valence-electron chi connectivity index (χ2n) is 3.52. The Balaban J connectivity index is 2.59. The molecule has 3 nitrogen and oxygen atoms in total. The molecular weight excluding hydrogens is 154 g/mol. The molecule has 1 aliphatic carbocycles. The molecule has 0 radical (unpaired) electrons. The van der Waals surface area contributed by atoms with Crippen LogP contribution >= 0.6 is 0 Å². The molecular formula is C9H15NO2. The molecule has 0 aromatic carbocycles. The average Bonchev–Trinajstić information content (AvgIpc) is 2.05. The van der Waals surface area contributed by atoms with Crippen LogP contribution in [-0.4, -0.2) is 17.7 Å². The number of rotatable bonds is 2. The fourth-order valence-corrected chi connectivity index (χ4v) is 1.81. The molecule has 1 aliphatic rings. The summed E-state index contributed by atoms with van der Waals surface area (Å²) in [5.74, 6) is -0.107. The Morgan fingerprint density at radius 3 is 2.33 bits per heavy atom. The van der Waals surface area contributed by atoms with Crippen LogP contribution in [-0.2, 0) is 9.59 Å². The van der Waals surface area contributed by atoms with Crippen molar-refractivity contribution in [2.24, 2.45) is 0 Å². The molecule has 0 unspecified atom stereocenters. The molecule has 12 heavy (non-hydrogen) atoms. The normalized spacial score (nSPS) is 21.4. The van der Waals surface area contributed by atoms with Crippen molar-refractivity contribution < 1.29 is 9.59 Å². The maximum atomic E-state index is 10.8. The molecule has 68 valence electrons. The summed E-state index contributed by atoms with van der Waals surface area (Å²) in [6.07, 6.45) is 5.76. The summed E-state index contributed by atoms with van der Waals surface area (Å²) in [4.78, 5) is 21.6. The monoisotopic (exact) mass is 169 g/mol. The maximum Gasteiger partial charge on any atom is 0.217 e. The zero-order valence-electron chi connectivity index (χ0n) is 7.43. The van der Waals surface area contributed by atoms with Gasteiger partial charge >= 0.3 is 0 Å². The lowest BCUT2D eigenvalue weighted by Gasteiger charge is -2.32. The molecule has 0 saturated heterocycles. The van der Waals surface area contributed by atoms with E-state index in [1.54, 1.807) is 0 Å². The minimum absolute atomic E-state index is 0.107. The van der Waals surface area contributed by atoms with Crippen LogP contribution < -0.4 is 5.32 Å². The summed E-state index contributed by atoms with van der Waals surface area (Å²) < 4.78 is 0. The lowest BCUT2D eigenvalue weighted by Crippen LogP contribution is -2.50. The highest BCUT2D eigenvalue weighted by molar-refractivity contribution is 5.79. The van der Waals surface area contributed by atoms with Gasteiger partial charge in [-0.2, -0.15) is 0 Å². The Bertz CT molecular complexity index is 183. The standard InChI is InChI=1S/C9H15NO2/c1-8(12)10-9(7-11)5-3-2-4-6-9/h7H,2-6H2,1H3,(H,10,12). The van der Waals surface area contributed by atoms with Crippen LogP contribution in [0, 0.1) is 0 Å². The van der Waals surface area contributed by atoms with Gasteiger partial charge < -0.3 is 10.1 Å². The number of nitrogens with one attached hydrogen (secondary N) is 1. The highest BCUT2D eigenvalue weighted by Crippen LogP contribution is 2.26. The number of hydrogen-bond acceptors (Lipinski definition) is 2. The van der Waals surface area contributed by atoms with Crippen LogP contribution in [0.5, 0.6) is 0 Å². The molecule has 0 bridgehead atoms. The van der Waals surface area contributed by atoms with Gasteiger partial charge in [-0.25, -0.2) is 0 Å². The van der Waals surface area contributed by atoms with Crippen molar-refractivity contribution in [2.45, 2.75) is 44.6 Å². The second-order valence-corrected chi connectivity index (χ2v) is 3.52. The van der Waals surface area contributed by atoms with Gasteiger partial charge in [-0.05, 0) is 12.8 Å². The van der Waals surface area contributed by atoms with Crippen molar-refractivity contribution >= 4 is 12.2 Å². The molecule has 0 aromatic rings. The van der Waals surface area contributed by atoms with Gasteiger partial charge in [0.25, 0.3) is 0 Å². The molecule has 3 heteroatoms. The zero-order chi connectivity index (χ0) is 9.03. The van der Waals surface area contributed by atoms with Gasteiger partial charge in [0.05, 0.1) is 5.54 Å². The molecule has 0 atom stereocenters. The van der Waals surface area contributed by atoms with E-state index in [2.05, 4.69) is 5.32 Å². The number of hydrogen-bond donors (Lipinski definition) is 1. The summed E-state index contributed by atoms with van der Waals surface area (Å²) in [7, 11) is 0. The van der Waals surface area contributed by atoms with Crippen LogP contribution in [0.15, 0.2) is 0 Å². The van der Waals surface area contributed by atoms with Crippen LogP contribution in [0.2, 0.25) is 0 Å². The minimum Gasteiger partial charge on any atom is -0.344 e. The quantitative estimate of drug-likeness (QED) is 0.627. The highest BCUT2D eigenvalue weighted by atomic mass is 16.2. The predicted octanol–water partition coefficient (Wildman–Crippen LogP) is 1.02. The number of carbonyl (C=O) groups is 2. The van der Waals surface area contributed by atoms with Crippen molar-refractivity contribution in [3.8, 4) is 0 Å². The molecule has 1 saturated carbocycles. The summed E-state index contributed by atoms with van der Waals surface area (Å²) in [5.41, 5.74) is -0.538. The maximum absolute atomic E-state index is 10.8. The van der Waals surface area contributed by atoms with Gasteiger partial charge in [-0.3, -0.25) is 4.79 Å². The van der Waals surface area contributed by atoms with Gasteiger partial charge in [0.1, 0.15) is 6.29 Å². The van der Waals surface area contributed by atoms with Crippen molar-refractivity contribution in [1.29, 1.82) is 0 Å². The lowest BCUT2D eigenvalue weighted by atomic mass is 9.83. The van der Waals surface area contributed by atoms with Gasteiger partial charge in [0.2, 0.25) is 5.91 Å². The lowest BCUT2D eigenvalue weighted by molar-refractivity contribution is -0.126. The second kappa shape index (κ2) is 3.70. The van der Waals surface area contributed by atoms with E-state index in [1.165, 1.54) is 13.3 Å². The molecule has 1 amide bonds. The molecule has 1 N–H and O–H groups in total. The van der Waals surface area contributed by atoms with E-state index in [0.717, 1.165) is 32.0 Å². The van der Waals surface area contributed by atoms with Crippen molar-refractivity contribution in [3.63, 3.8) is 0 Å². The molecule has 1 rings (SSSR count). The van der Waals surface area contributed by atoms with Crippen LogP contribution in [0.4, 0.5) is 0 Å². The fraction of sp³-hybridized carbons (Fsp3) is 0.778. The fourth-order valence-electron chi connectivity index (χ4n) is 1.81. The first kappa shape index (κ1) is 9.23. The van der Waals surface area contributed by atoms with E-state index in [9.17, 15) is 9.59 Å². The summed E-state index contributed by atoms with van der Waals surface area (Å²) >= 11 is 0. The number of carbonyl (C=O) groups excluding carboxylic acids is 2. The van der Waals surface area contributed by atoms with E-state index < -0.39 is 5.54 Å². The van der Waals surface area contributed by atoms with E-state index in [-0.39, 0.29) is 5.91 Å². The third kappa shape index (κ3) is 2.06. The Morgan fingerprint density at radius 1 is 1.33 bits per heavy atom. The third-order valence-electron chi connectivity index (χ3n) is 2.40. The number of aldehydes is 1. The van der Waals surface area contributed by atoms with Crippen molar-refractivity contribution in [3.05, 3.63) is 0 Å². The Hall–Kier alpha value is -0.860. The first-order valence-corrected chi connectivity index (χ1v) is 4.44. The predicted molar refractivity (Wildman–Crippen MR) is 45.7 cm³/mol. The van der Waals surface area contributed by atoms with Crippen molar-refractivity contribution in [2.75, 3.05) is 0 Å². The Morgan fingerprint density at radius 2 is 1.92 bits per heavy atom. The van der Waals surface area contributed by atoms with E-state index in [1.807, 2.05) is 0 Å². The number of amides is 1. The summed E-state index contributed by atoms with van der Waals surface area (Å²) in [5, 5.41) is 2.74. The Kier molecular flexibility index (Phi) is 2.84. The third-order valence-corrected chi connectivity index (χ3v) is 2.40. The zero-order valence-corrected chi connectivity index (χ0v) is 7.43. The highest BCUT2D eigenvalue weighted by Gasteiger charge is 2.31. The first-order chi connectivity index (χ1) is 5.68. The van der Waals surface area contributed by atoms with E-state index >= 15 is 0 Å². The molecule has 0 aliphatic heterocycles.